The molecule has 1 heteroatoms. The molecule has 11 heavy (non-hydrogen) atoms. The number of piperidine rings is 1. The van der Waals surface area contributed by atoms with Crippen LogP contribution in [-0.2, 0) is 0 Å². The Morgan fingerprint density at radius 1 is 0.909 bits per heavy atom. The number of hydrogen-bond acceptors (Lipinski definition) is 1. The monoisotopic (exact) mass is 155 g/mol. The van der Waals surface area contributed by atoms with Crippen molar-refractivity contribution < 1.29 is 0 Å². The first kappa shape index (κ1) is 9.05. The highest BCUT2D eigenvalue weighted by Crippen LogP contribution is 2.25. The molecule has 2 aliphatic rings. The molecule has 0 aromatic carbocycles. The molecule has 2 fully saturated rings. The molecule has 0 saturated carbocycles. The van der Waals surface area contributed by atoms with Crippen LogP contribution in [-0.4, -0.2) is 24.0 Å². The van der Waals surface area contributed by atoms with Crippen LogP contribution in [0.4, 0.5) is 0 Å². The lowest BCUT2D eigenvalue weighted by molar-refractivity contribution is 0.198. The van der Waals surface area contributed by atoms with Crippen molar-refractivity contribution in [3.05, 3.63) is 0 Å². The fourth-order valence-electron chi connectivity index (χ4n) is 2.21. The molecule has 0 aromatic rings. The zero-order valence-corrected chi connectivity index (χ0v) is 7.97. The van der Waals surface area contributed by atoms with E-state index >= 15 is 0 Å². The summed E-state index contributed by atoms with van der Waals surface area (Å²) in [4.78, 5) is 2.67. The minimum absolute atomic E-state index is 0.999. The number of fused-ring (bicyclic) bond motifs is 1. The Morgan fingerprint density at radius 3 is 2.27 bits per heavy atom. The van der Waals surface area contributed by atoms with Crippen molar-refractivity contribution in [2.24, 2.45) is 0 Å². The predicted octanol–water partition coefficient (Wildman–Crippen LogP) is 2.66. The van der Waals surface area contributed by atoms with E-state index in [0.717, 1.165) is 6.04 Å². The van der Waals surface area contributed by atoms with Crippen molar-refractivity contribution in [3.63, 3.8) is 0 Å². The fraction of sp³-hybridized carbons (Fsp3) is 1.00. The molecule has 1 atom stereocenters. The van der Waals surface area contributed by atoms with Gasteiger partial charge in [0.2, 0.25) is 0 Å². The molecule has 0 bridgehead atoms. The van der Waals surface area contributed by atoms with Crippen LogP contribution in [0.15, 0.2) is 0 Å². The lowest BCUT2D eigenvalue weighted by atomic mass is 10.0. The maximum absolute atomic E-state index is 2.67. The van der Waals surface area contributed by atoms with Gasteiger partial charge < -0.3 is 4.90 Å². The second kappa shape index (κ2) is 4.76. The summed E-state index contributed by atoms with van der Waals surface area (Å²) in [5.41, 5.74) is 0. The van der Waals surface area contributed by atoms with Gasteiger partial charge in [0, 0.05) is 6.04 Å². The van der Waals surface area contributed by atoms with Gasteiger partial charge in [-0.1, -0.05) is 20.3 Å². The molecule has 0 aliphatic carbocycles. The standard InChI is InChI=1S/C8H15N.C2H6/c1-2-6-9-7-3-5-8(9)4-1;1-2/h8H,1-7H2;1-2H3. The summed E-state index contributed by atoms with van der Waals surface area (Å²) in [5.74, 6) is 0. The average molecular weight is 155 g/mol. The summed E-state index contributed by atoms with van der Waals surface area (Å²) in [5, 5.41) is 0. The molecule has 2 aliphatic heterocycles. The Morgan fingerprint density at radius 2 is 1.55 bits per heavy atom. The molecule has 0 N–H and O–H groups in total. The van der Waals surface area contributed by atoms with Crippen molar-refractivity contribution in [2.45, 2.75) is 52.0 Å². The molecular formula is C10H21N. The second-order valence-electron chi connectivity index (χ2n) is 3.33. The van der Waals surface area contributed by atoms with E-state index in [1.807, 2.05) is 13.8 Å². The van der Waals surface area contributed by atoms with Gasteiger partial charge in [-0.15, -0.1) is 0 Å². The number of nitrogens with zero attached hydrogens (tertiary/aromatic N) is 1. The lowest BCUT2D eigenvalue weighted by Gasteiger charge is -2.28. The highest BCUT2D eigenvalue weighted by Gasteiger charge is 2.25. The Labute approximate surface area is 70.8 Å². The topological polar surface area (TPSA) is 3.24 Å². The van der Waals surface area contributed by atoms with E-state index in [9.17, 15) is 0 Å². The Hall–Kier alpha value is -0.0400. The van der Waals surface area contributed by atoms with Gasteiger partial charge in [-0.25, -0.2) is 0 Å². The predicted molar refractivity (Wildman–Crippen MR) is 49.8 cm³/mol. The third kappa shape index (κ3) is 2.19. The van der Waals surface area contributed by atoms with Crippen molar-refractivity contribution in [1.82, 2.24) is 4.90 Å². The molecule has 1 nitrogen and oxygen atoms in total. The van der Waals surface area contributed by atoms with Crippen molar-refractivity contribution >= 4 is 0 Å². The number of rotatable bonds is 0. The summed E-state index contributed by atoms with van der Waals surface area (Å²) in [6, 6.07) is 0.999. The summed E-state index contributed by atoms with van der Waals surface area (Å²) in [7, 11) is 0. The molecule has 2 heterocycles. The minimum Gasteiger partial charge on any atom is -0.300 e. The Balaban J connectivity index is 0.000000281. The van der Waals surface area contributed by atoms with Crippen molar-refractivity contribution in [3.8, 4) is 0 Å². The largest absolute Gasteiger partial charge is 0.300 e. The van der Waals surface area contributed by atoms with Gasteiger partial charge in [0.05, 0.1) is 0 Å². The molecule has 0 amide bonds. The average Bonchev–Trinajstić information content (AvgIpc) is 2.55. The molecule has 2 saturated heterocycles. The van der Waals surface area contributed by atoms with Crippen LogP contribution in [0.5, 0.6) is 0 Å². The van der Waals surface area contributed by atoms with Gasteiger partial charge in [-0.3, -0.25) is 0 Å². The highest BCUT2D eigenvalue weighted by molar-refractivity contribution is 4.82. The van der Waals surface area contributed by atoms with Crippen LogP contribution in [0.1, 0.15) is 46.0 Å². The molecule has 0 aromatic heterocycles. The van der Waals surface area contributed by atoms with Crippen LogP contribution in [0.25, 0.3) is 0 Å². The van der Waals surface area contributed by atoms with Gasteiger partial charge >= 0.3 is 0 Å². The smallest absolute Gasteiger partial charge is 0.00957 e. The Bertz CT molecular complexity index is 89.0. The maximum Gasteiger partial charge on any atom is 0.00957 e. The highest BCUT2D eigenvalue weighted by atomic mass is 15.2. The van der Waals surface area contributed by atoms with Crippen LogP contribution in [0, 0.1) is 0 Å². The SMILES string of the molecule is C1CCN2CCCC2C1.CC. The molecule has 0 radical (unpaired) electrons. The summed E-state index contributed by atoms with van der Waals surface area (Å²) >= 11 is 0. The van der Waals surface area contributed by atoms with Gasteiger partial charge in [-0.05, 0) is 38.8 Å². The van der Waals surface area contributed by atoms with Gasteiger partial charge in [0.15, 0.2) is 0 Å². The molecular weight excluding hydrogens is 134 g/mol. The van der Waals surface area contributed by atoms with Crippen molar-refractivity contribution in [2.75, 3.05) is 13.1 Å². The first-order valence-corrected chi connectivity index (χ1v) is 5.21. The quantitative estimate of drug-likeness (QED) is 0.520. The summed E-state index contributed by atoms with van der Waals surface area (Å²) < 4.78 is 0. The second-order valence-corrected chi connectivity index (χ2v) is 3.33. The minimum atomic E-state index is 0.999. The summed E-state index contributed by atoms with van der Waals surface area (Å²) in [6.07, 6.45) is 7.38. The molecule has 66 valence electrons. The van der Waals surface area contributed by atoms with Gasteiger partial charge in [0.25, 0.3) is 0 Å². The van der Waals surface area contributed by atoms with Crippen molar-refractivity contribution in [1.29, 1.82) is 0 Å². The molecule has 2 rings (SSSR count). The zero-order valence-electron chi connectivity index (χ0n) is 7.97. The van der Waals surface area contributed by atoms with Crippen LogP contribution in [0.2, 0.25) is 0 Å². The first-order valence-electron chi connectivity index (χ1n) is 5.21. The third-order valence-electron chi connectivity index (χ3n) is 2.73. The van der Waals surface area contributed by atoms with Gasteiger partial charge in [0.1, 0.15) is 0 Å². The number of hydrogen-bond donors (Lipinski definition) is 0. The molecule has 1 unspecified atom stereocenters. The van der Waals surface area contributed by atoms with E-state index in [4.69, 9.17) is 0 Å². The first-order chi connectivity index (χ1) is 5.47. The third-order valence-corrected chi connectivity index (χ3v) is 2.73. The zero-order chi connectivity index (χ0) is 8.10. The van der Waals surface area contributed by atoms with E-state index in [0.29, 0.717) is 0 Å². The van der Waals surface area contributed by atoms with E-state index in [1.165, 1.54) is 45.2 Å². The molecule has 0 spiro atoms. The summed E-state index contributed by atoms with van der Waals surface area (Å²) in [6.45, 7) is 6.79. The van der Waals surface area contributed by atoms with E-state index in [2.05, 4.69) is 4.90 Å². The van der Waals surface area contributed by atoms with Crippen LogP contribution >= 0.6 is 0 Å². The van der Waals surface area contributed by atoms with E-state index in [-0.39, 0.29) is 0 Å². The van der Waals surface area contributed by atoms with E-state index in [1.54, 1.807) is 0 Å². The maximum atomic E-state index is 2.67. The lowest BCUT2D eigenvalue weighted by Crippen LogP contribution is -2.33. The van der Waals surface area contributed by atoms with E-state index < -0.39 is 0 Å². The van der Waals surface area contributed by atoms with Crippen LogP contribution < -0.4 is 0 Å². The Kier molecular flexibility index (Phi) is 3.92. The normalized spacial score (nSPS) is 30.5. The van der Waals surface area contributed by atoms with Gasteiger partial charge in [-0.2, -0.15) is 0 Å². The van der Waals surface area contributed by atoms with Crippen LogP contribution in [0.3, 0.4) is 0 Å². The fourth-order valence-corrected chi connectivity index (χ4v) is 2.21.